The molecule has 1 aromatic carbocycles. The molecule has 0 bridgehead atoms. The second-order valence-corrected chi connectivity index (χ2v) is 6.99. The van der Waals surface area contributed by atoms with E-state index in [-0.39, 0.29) is 5.75 Å². The Morgan fingerprint density at radius 3 is 2.79 bits per heavy atom. The van der Waals surface area contributed by atoms with Crippen molar-refractivity contribution in [2.75, 3.05) is 12.0 Å². The van der Waals surface area contributed by atoms with Crippen LogP contribution in [0.2, 0.25) is 0 Å². The molecular formula is C13H18N2O3S. The van der Waals surface area contributed by atoms with Gasteiger partial charge in [0.1, 0.15) is 15.4 Å². The topological polar surface area (TPSA) is 86.2 Å². The van der Waals surface area contributed by atoms with Crippen molar-refractivity contribution in [3.8, 4) is 0 Å². The minimum absolute atomic E-state index is 0.0348. The van der Waals surface area contributed by atoms with E-state index in [2.05, 4.69) is 11.9 Å². The molecule has 0 aliphatic carbocycles. The van der Waals surface area contributed by atoms with E-state index in [0.717, 1.165) is 11.9 Å². The first-order valence-corrected chi connectivity index (χ1v) is 8.28. The number of fused-ring (bicyclic) bond motifs is 1. The molecule has 2 N–H and O–H groups in total. The second kappa shape index (κ2) is 5.30. The first kappa shape index (κ1) is 14.0. The van der Waals surface area contributed by atoms with Crippen LogP contribution >= 0.6 is 0 Å². The van der Waals surface area contributed by atoms with Gasteiger partial charge in [-0.3, -0.25) is 0 Å². The summed E-state index contributed by atoms with van der Waals surface area (Å²) in [6.07, 6.45) is 2.43. The van der Waals surface area contributed by atoms with Gasteiger partial charge in [0.25, 0.3) is 0 Å². The molecule has 5 nitrogen and oxygen atoms in total. The van der Waals surface area contributed by atoms with Crippen molar-refractivity contribution in [2.45, 2.75) is 25.8 Å². The molecule has 1 heterocycles. The average Bonchev–Trinajstić information content (AvgIpc) is 2.77. The molecule has 2 aromatic rings. The lowest BCUT2D eigenvalue weighted by Crippen LogP contribution is -2.15. The summed E-state index contributed by atoms with van der Waals surface area (Å²) in [5, 5.41) is 0. The predicted molar refractivity (Wildman–Crippen MR) is 74.6 cm³/mol. The summed E-state index contributed by atoms with van der Waals surface area (Å²) in [6, 6.07) is 5.33. The van der Waals surface area contributed by atoms with Gasteiger partial charge in [-0.15, -0.1) is 0 Å². The summed E-state index contributed by atoms with van der Waals surface area (Å²) in [7, 11) is -3.02. The van der Waals surface area contributed by atoms with Gasteiger partial charge in [0.2, 0.25) is 5.89 Å². The van der Waals surface area contributed by atoms with Crippen LogP contribution < -0.4 is 5.73 Å². The molecule has 0 aliphatic rings. The number of nitrogens with two attached hydrogens (primary N) is 1. The van der Waals surface area contributed by atoms with Crippen LogP contribution in [0.1, 0.15) is 30.8 Å². The smallest absolute Gasteiger partial charge is 0.212 e. The Kier molecular flexibility index (Phi) is 3.91. The van der Waals surface area contributed by atoms with E-state index >= 15 is 0 Å². The van der Waals surface area contributed by atoms with E-state index < -0.39 is 15.9 Å². The standard InChI is InChI=1S/C13H18N2O3S/c1-3-9-4-5-12-11(8-9)15-13(18-12)10(14)6-7-19(2,16)17/h4-5,8,10H,3,6-7,14H2,1-2H3. The van der Waals surface area contributed by atoms with Gasteiger partial charge in [0.15, 0.2) is 5.58 Å². The number of hydrogen-bond donors (Lipinski definition) is 1. The van der Waals surface area contributed by atoms with Crippen LogP contribution in [0.4, 0.5) is 0 Å². The molecule has 0 spiro atoms. The molecule has 0 amide bonds. The Hall–Kier alpha value is -1.40. The van der Waals surface area contributed by atoms with Crippen LogP contribution in [0.3, 0.4) is 0 Å². The lowest BCUT2D eigenvalue weighted by atomic mass is 10.1. The fraction of sp³-hybridized carbons (Fsp3) is 0.462. The van der Waals surface area contributed by atoms with Crippen LogP contribution in [0, 0.1) is 0 Å². The zero-order valence-electron chi connectivity index (χ0n) is 11.1. The zero-order chi connectivity index (χ0) is 14.0. The van der Waals surface area contributed by atoms with Crippen molar-refractivity contribution < 1.29 is 12.8 Å². The number of benzene rings is 1. The van der Waals surface area contributed by atoms with Gasteiger partial charge in [-0.05, 0) is 30.5 Å². The SMILES string of the molecule is CCc1ccc2oc(C(N)CCS(C)(=O)=O)nc2c1. The Bertz CT molecular complexity index is 676. The van der Waals surface area contributed by atoms with Crippen molar-refractivity contribution >= 4 is 20.9 Å². The highest BCUT2D eigenvalue weighted by atomic mass is 32.2. The second-order valence-electron chi connectivity index (χ2n) is 4.73. The third-order valence-corrected chi connectivity index (χ3v) is 3.97. The summed E-state index contributed by atoms with van der Waals surface area (Å²) in [5.74, 6) is 0.430. The largest absolute Gasteiger partial charge is 0.439 e. The van der Waals surface area contributed by atoms with E-state index in [1.807, 2.05) is 18.2 Å². The number of aromatic nitrogens is 1. The Morgan fingerprint density at radius 2 is 2.16 bits per heavy atom. The van der Waals surface area contributed by atoms with Crippen LogP contribution in [-0.4, -0.2) is 25.4 Å². The first-order valence-electron chi connectivity index (χ1n) is 6.21. The van der Waals surface area contributed by atoms with Gasteiger partial charge in [0.05, 0.1) is 11.8 Å². The summed E-state index contributed by atoms with van der Waals surface area (Å²) in [5.41, 5.74) is 8.54. The minimum atomic E-state index is -3.02. The van der Waals surface area contributed by atoms with Gasteiger partial charge in [-0.25, -0.2) is 13.4 Å². The van der Waals surface area contributed by atoms with Crippen molar-refractivity contribution in [1.29, 1.82) is 0 Å². The summed E-state index contributed by atoms with van der Waals surface area (Å²) < 4.78 is 27.8. The van der Waals surface area contributed by atoms with Crippen LogP contribution in [0.5, 0.6) is 0 Å². The summed E-state index contributed by atoms with van der Waals surface area (Å²) >= 11 is 0. The summed E-state index contributed by atoms with van der Waals surface area (Å²) in [4.78, 5) is 4.34. The third kappa shape index (κ3) is 3.54. The average molecular weight is 282 g/mol. The lowest BCUT2D eigenvalue weighted by molar-refractivity contribution is 0.468. The van der Waals surface area contributed by atoms with Crippen molar-refractivity contribution in [3.05, 3.63) is 29.7 Å². The van der Waals surface area contributed by atoms with E-state index in [1.54, 1.807) is 0 Å². The molecule has 1 atom stereocenters. The Balaban J connectivity index is 2.20. The molecule has 0 radical (unpaired) electrons. The van der Waals surface area contributed by atoms with Gasteiger partial charge in [-0.1, -0.05) is 13.0 Å². The highest BCUT2D eigenvalue weighted by Gasteiger charge is 2.16. The van der Waals surface area contributed by atoms with Crippen molar-refractivity contribution in [1.82, 2.24) is 4.98 Å². The number of hydrogen-bond acceptors (Lipinski definition) is 5. The maximum absolute atomic E-state index is 11.1. The van der Waals surface area contributed by atoms with Gasteiger partial charge >= 0.3 is 0 Å². The van der Waals surface area contributed by atoms with Gasteiger partial charge in [0, 0.05) is 6.26 Å². The monoisotopic (exact) mass is 282 g/mol. The number of sulfone groups is 1. The molecular weight excluding hydrogens is 264 g/mol. The fourth-order valence-electron chi connectivity index (χ4n) is 1.83. The normalized spacial score (nSPS) is 13.8. The number of oxazole rings is 1. The molecule has 104 valence electrons. The van der Waals surface area contributed by atoms with E-state index in [0.29, 0.717) is 17.9 Å². The quantitative estimate of drug-likeness (QED) is 0.904. The molecule has 0 saturated heterocycles. The fourth-order valence-corrected chi connectivity index (χ4v) is 2.52. The van der Waals surface area contributed by atoms with Gasteiger partial charge < -0.3 is 10.2 Å². The predicted octanol–water partition coefficient (Wildman–Crippen LogP) is 1.82. The molecule has 19 heavy (non-hydrogen) atoms. The van der Waals surface area contributed by atoms with Gasteiger partial charge in [-0.2, -0.15) is 0 Å². The number of aryl methyl sites for hydroxylation is 1. The van der Waals surface area contributed by atoms with E-state index in [9.17, 15) is 8.42 Å². The van der Waals surface area contributed by atoms with Crippen LogP contribution in [-0.2, 0) is 16.3 Å². The Morgan fingerprint density at radius 1 is 1.42 bits per heavy atom. The highest BCUT2D eigenvalue weighted by Crippen LogP contribution is 2.22. The summed E-state index contributed by atoms with van der Waals surface area (Å²) in [6.45, 7) is 2.07. The maximum atomic E-state index is 11.1. The zero-order valence-corrected chi connectivity index (χ0v) is 11.9. The molecule has 2 rings (SSSR count). The minimum Gasteiger partial charge on any atom is -0.439 e. The Labute approximate surface area is 112 Å². The molecule has 0 saturated carbocycles. The number of nitrogens with zero attached hydrogens (tertiary/aromatic N) is 1. The molecule has 1 aromatic heterocycles. The molecule has 6 heteroatoms. The lowest BCUT2D eigenvalue weighted by Gasteiger charge is -2.05. The van der Waals surface area contributed by atoms with Crippen molar-refractivity contribution in [2.24, 2.45) is 5.73 Å². The first-order chi connectivity index (χ1) is 8.89. The third-order valence-electron chi connectivity index (χ3n) is 2.99. The molecule has 1 unspecified atom stereocenters. The van der Waals surface area contributed by atoms with Crippen molar-refractivity contribution in [3.63, 3.8) is 0 Å². The van der Waals surface area contributed by atoms with E-state index in [4.69, 9.17) is 10.2 Å². The van der Waals surface area contributed by atoms with Crippen LogP contribution in [0.25, 0.3) is 11.1 Å². The number of rotatable bonds is 5. The molecule has 0 aliphatic heterocycles. The maximum Gasteiger partial charge on any atom is 0.212 e. The highest BCUT2D eigenvalue weighted by molar-refractivity contribution is 7.90. The van der Waals surface area contributed by atoms with Crippen LogP contribution in [0.15, 0.2) is 22.6 Å². The van der Waals surface area contributed by atoms with E-state index in [1.165, 1.54) is 11.8 Å². The molecule has 0 fully saturated rings.